The maximum Gasteiger partial charge on any atom is 0.231 e. The molecule has 24 heavy (non-hydrogen) atoms. The number of hydrogen-bond acceptors (Lipinski definition) is 4. The van der Waals surface area contributed by atoms with Gasteiger partial charge in [-0.15, -0.1) is 0 Å². The first-order valence-corrected chi connectivity index (χ1v) is 7.77. The van der Waals surface area contributed by atoms with E-state index in [1.165, 1.54) is 5.56 Å². The van der Waals surface area contributed by atoms with Crippen LogP contribution in [0.2, 0.25) is 0 Å². The number of nitrogens with one attached hydrogen (secondary N) is 1. The second-order valence-electron chi connectivity index (χ2n) is 5.86. The number of rotatable bonds is 3. The smallest absolute Gasteiger partial charge is 0.231 e. The molecule has 3 heterocycles. The van der Waals surface area contributed by atoms with Gasteiger partial charge in [-0.1, -0.05) is 0 Å². The fourth-order valence-electron chi connectivity index (χ4n) is 2.92. The van der Waals surface area contributed by atoms with Crippen LogP contribution in [-0.2, 0) is 4.74 Å². The lowest BCUT2D eigenvalue weighted by Gasteiger charge is -2.01. The summed E-state index contributed by atoms with van der Waals surface area (Å²) < 4.78 is 16.3. The van der Waals surface area contributed by atoms with Crippen LogP contribution in [0.1, 0.15) is 22.5 Å². The number of hydrogen-bond donors (Lipinski definition) is 1. The molecule has 2 aliphatic heterocycles. The molecule has 2 aliphatic rings. The summed E-state index contributed by atoms with van der Waals surface area (Å²) in [6.07, 6.45) is 3.95. The van der Waals surface area contributed by atoms with Crippen molar-refractivity contribution >= 4 is 11.8 Å². The molecular formula is C19H18N2O3. The fraction of sp³-hybridized carbons (Fsp3) is 0.211. The van der Waals surface area contributed by atoms with Crippen LogP contribution in [0.25, 0.3) is 6.08 Å². The van der Waals surface area contributed by atoms with E-state index >= 15 is 0 Å². The van der Waals surface area contributed by atoms with Gasteiger partial charge in [-0.3, -0.25) is 0 Å². The molecule has 2 aromatic rings. The first-order valence-electron chi connectivity index (χ1n) is 7.77. The van der Waals surface area contributed by atoms with Crippen LogP contribution in [0.4, 0.5) is 0 Å². The number of nitrogens with zero attached hydrogens (tertiary/aromatic N) is 1. The van der Waals surface area contributed by atoms with E-state index in [0.29, 0.717) is 0 Å². The molecule has 1 N–H and O–H groups in total. The molecule has 0 saturated carbocycles. The van der Waals surface area contributed by atoms with Gasteiger partial charge >= 0.3 is 0 Å². The van der Waals surface area contributed by atoms with E-state index in [1.54, 1.807) is 7.11 Å². The summed E-state index contributed by atoms with van der Waals surface area (Å²) in [6.45, 7) is 4.38. The minimum atomic E-state index is 0.265. The third kappa shape index (κ3) is 2.48. The summed E-state index contributed by atoms with van der Waals surface area (Å²) in [6, 6.07) is 7.93. The first-order chi connectivity index (χ1) is 11.6. The van der Waals surface area contributed by atoms with Gasteiger partial charge in [0.25, 0.3) is 0 Å². The molecule has 5 heteroatoms. The number of benzene rings is 1. The summed E-state index contributed by atoms with van der Waals surface area (Å²) in [5, 5.41) is 0. The molecule has 0 spiro atoms. The molecule has 1 aromatic heterocycles. The van der Waals surface area contributed by atoms with Crippen molar-refractivity contribution in [3.05, 3.63) is 64.3 Å². The molecule has 0 radical (unpaired) electrons. The lowest BCUT2D eigenvalue weighted by Crippen LogP contribution is -1.94. The van der Waals surface area contributed by atoms with Crippen LogP contribution in [0.5, 0.6) is 11.5 Å². The van der Waals surface area contributed by atoms with Gasteiger partial charge in [-0.2, -0.15) is 0 Å². The molecule has 0 aliphatic carbocycles. The van der Waals surface area contributed by atoms with Crippen molar-refractivity contribution in [3.63, 3.8) is 0 Å². The first kappa shape index (κ1) is 14.6. The maximum absolute atomic E-state index is 5.50. The highest BCUT2D eigenvalue weighted by Gasteiger charge is 2.20. The maximum atomic E-state index is 5.50. The van der Waals surface area contributed by atoms with Crippen LogP contribution < -0.4 is 9.47 Å². The number of aromatic nitrogens is 1. The van der Waals surface area contributed by atoms with Crippen molar-refractivity contribution in [3.8, 4) is 11.5 Å². The standard InChI is InChI=1S/C19H18N2O3/c1-11-6-12(2)20-14(11)8-16-18(22-3)9-15(21-16)13-4-5-17-19(7-13)24-10-23-17/h4-9,20H,10H2,1-3H3/b16-8+. The van der Waals surface area contributed by atoms with Crippen LogP contribution in [0.15, 0.2) is 46.8 Å². The number of H-pyrrole nitrogens is 1. The van der Waals surface area contributed by atoms with Gasteiger partial charge in [-0.05, 0) is 49.8 Å². The van der Waals surface area contributed by atoms with Crippen LogP contribution in [0.3, 0.4) is 0 Å². The second kappa shape index (κ2) is 5.60. The quantitative estimate of drug-likeness (QED) is 0.936. The molecule has 4 rings (SSSR count). The number of allylic oxidation sites excluding steroid dienone is 1. The van der Waals surface area contributed by atoms with Crippen molar-refractivity contribution in [2.24, 2.45) is 4.99 Å². The Hall–Kier alpha value is -2.95. The number of fused-ring (bicyclic) bond motifs is 1. The van der Waals surface area contributed by atoms with E-state index in [9.17, 15) is 0 Å². The Morgan fingerprint density at radius 3 is 2.75 bits per heavy atom. The van der Waals surface area contributed by atoms with Gasteiger partial charge in [0.2, 0.25) is 6.79 Å². The van der Waals surface area contributed by atoms with E-state index in [0.717, 1.165) is 45.6 Å². The zero-order valence-electron chi connectivity index (χ0n) is 13.8. The van der Waals surface area contributed by atoms with E-state index in [4.69, 9.17) is 19.2 Å². The van der Waals surface area contributed by atoms with E-state index < -0.39 is 0 Å². The molecule has 122 valence electrons. The minimum Gasteiger partial charge on any atom is -0.494 e. The lowest BCUT2D eigenvalue weighted by molar-refractivity contribution is 0.174. The number of aliphatic imine (C=N–C) groups is 1. The SMILES string of the molecule is COC1=CC(c2ccc3c(c2)OCO3)=N/C1=C/c1[nH]c(C)cc1C. The lowest BCUT2D eigenvalue weighted by atomic mass is 10.1. The summed E-state index contributed by atoms with van der Waals surface area (Å²) >= 11 is 0. The average molecular weight is 322 g/mol. The zero-order chi connectivity index (χ0) is 16.7. The summed E-state index contributed by atoms with van der Waals surface area (Å²) in [4.78, 5) is 8.06. The van der Waals surface area contributed by atoms with Gasteiger partial charge < -0.3 is 19.2 Å². The largest absolute Gasteiger partial charge is 0.494 e. The number of aryl methyl sites for hydroxylation is 2. The van der Waals surface area contributed by atoms with Crippen LogP contribution >= 0.6 is 0 Å². The molecule has 0 atom stereocenters. The molecule has 5 nitrogen and oxygen atoms in total. The summed E-state index contributed by atoms with van der Waals surface area (Å²) in [5.41, 5.74) is 5.97. The van der Waals surface area contributed by atoms with E-state index in [2.05, 4.69) is 18.0 Å². The van der Waals surface area contributed by atoms with Gasteiger partial charge in [-0.25, -0.2) is 4.99 Å². The van der Waals surface area contributed by atoms with Crippen LogP contribution in [-0.4, -0.2) is 24.6 Å². The molecule has 1 aromatic carbocycles. The predicted octanol–water partition coefficient (Wildman–Crippen LogP) is 3.73. The highest BCUT2D eigenvalue weighted by Crippen LogP contribution is 2.34. The van der Waals surface area contributed by atoms with Crippen molar-refractivity contribution in [1.82, 2.24) is 4.98 Å². The van der Waals surface area contributed by atoms with Crippen molar-refractivity contribution < 1.29 is 14.2 Å². The summed E-state index contributed by atoms with van der Waals surface area (Å²) in [7, 11) is 1.66. The average Bonchev–Trinajstić information content (AvgIpc) is 3.26. The number of aromatic amines is 1. The molecule has 0 saturated heterocycles. The number of ether oxygens (including phenoxy) is 3. The predicted molar refractivity (Wildman–Crippen MR) is 92.4 cm³/mol. The van der Waals surface area contributed by atoms with Gasteiger partial charge in [0.05, 0.1) is 12.8 Å². The minimum absolute atomic E-state index is 0.265. The Bertz CT molecular complexity index is 903. The Morgan fingerprint density at radius 2 is 2.00 bits per heavy atom. The fourth-order valence-corrected chi connectivity index (χ4v) is 2.92. The molecular weight excluding hydrogens is 304 g/mol. The Kier molecular flexibility index (Phi) is 3.41. The Balaban J connectivity index is 1.72. The molecule has 0 unspecified atom stereocenters. The highest BCUT2D eigenvalue weighted by molar-refractivity contribution is 6.12. The molecule has 0 fully saturated rings. The summed E-state index contributed by atoms with van der Waals surface area (Å²) in [5.74, 6) is 2.26. The third-order valence-electron chi connectivity index (χ3n) is 4.12. The monoisotopic (exact) mass is 322 g/mol. The van der Waals surface area contributed by atoms with E-state index in [1.807, 2.05) is 37.3 Å². The second-order valence-corrected chi connectivity index (χ2v) is 5.86. The Morgan fingerprint density at radius 1 is 1.17 bits per heavy atom. The number of methoxy groups -OCH3 is 1. The topological polar surface area (TPSA) is 55.8 Å². The van der Waals surface area contributed by atoms with Crippen molar-refractivity contribution in [2.45, 2.75) is 13.8 Å². The van der Waals surface area contributed by atoms with Crippen LogP contribution in [0, 0.1) is 13.8 Å². The van der Waals surface area contributed by atoms with Gasteiger partial charge in [0, 0.05) is 23.0 Å². The van der Waals surface area contributed by atoms with Gasteiger partial charge in [0.1, 0.15) is 11.5 Å². The highest BCUT2D eigenvalue weighted by atomic mass is 16.7. The zero-order valence-corrected chi connectivity index (χ0v) is 13.8. The molecule has 0 amide bonds. The third-order valence-corrected chi connectivity index (χ3v) is 4.12. The van der Waals surface area contributed by atoms with Crippen molar-refractivity contribution in [2.75, 3.05) is 13.9 Å². The van der Waals surface area contributed by atoms with Gasteiger partial charge in [0.15, 0.2) is 11.5 Å². The molecule has 0 bridgehead atoms. The van der Waals surface area contributed by atoms with E-state index in [-0.39, 0.29) is 6.79 Å². The normalized spacial score (nSPS) is 17.2. The van der Waals surface area contributed by atoms with Crippen molar-refractivity contribution in [1.29, 1.82) is 0 Å². The Labute approximate surface area is 140 Å².